The number of rotatable bonds is 3. The number of oxazole rings is 1. The molecule has 0 unspecified atom stereocenters. The normalized spacial score (nSPS) is 18.6. The Morgan fingerprint density at radius 3 is 2.80 bits per heavy atom. The van der Waals surface area contributed by atoms with E-state index in [9.17, 15) is 0 Å². The lowest BCUT2D eigenvalue weighted by molar-refractivity contribution is 0.230. The van der Waals surface area contributed by atoms with Gasteiger partial charge in [-0.3, -0.25) is 4.90 Å². The average Bonchev–Trinajstić information content (AvgIpc) is 2.68. The van der Waals surface area contributed by atoms with E-state index in [1.807, 2.05) is 0 Å². The minimum atomic E-state index is 0.377. The van der Waals surface area contributed by atoms with Gasteiger partial charge < -0.3 is 9.73 Å². The van der Waals surface area contributed by atoms with Crippen LogP contribution in [0.5, 0.6) is 0 Å². The van der Waals surface area contributed by atoms with Gasteiger partial charge in [0, 0.05) is 38.6 Å². The molecule has 0 spiro atoms. The second-order valence-electron chi connectivity index (χ2n) is 4.36. The lowest BCUT2D eigenvalue weighted by Crippen LogP contribution is -2.42. The fourth-order valence-corrected chi connectivity index (χ4v) is 1.76. The molecule has 84 valence electrons. The zero-order valence-corrected chi connectivity index (χ0v) is 9.49. The first kappa shape index (κ1) is 10.6. The maximum atomic E-state index is 5.41. The number of piperazine rings is 1. The van der Waals surface area contributed by atoms with E-state index in [-0.39, 0.29) is 0 Å². The van der Waals surface area contributed by atoms with E-state index in [1.165, 1.54) is 0 Å². The van der Waals surface area contributed by atoms with E-state index in [1.54, 1.807) is 6.26 Å². The molecule has 0 saturated carbocycles. The first-order valence-electron chi connectivity index (χ1n) is 5.63. The second-order valence-corrected chi connectivity index (χ2v) is 4.36. The molecule has 1 saturated heterocycles. The zero-order chi connectivity index (χ0) is 10.7. The molecule has 2 rings (SSSR count). The van der Waals surface area contributed by atoms with Crippen LogP contribution >= 0.6 is 0 Å². The number of hydrogen-bond donors (Lipinski definition) is 1. The molecule has 15 heavy (non-hydrogen) atoms. The summed E-state index contributed by atoms with van der Waals surface area (Å²) in [6.07, 6.45) is 1.79. The molecule has 1 aromatic heterocycles. The Labute approximate surface area is 90.7 Å². The minimum absolute atomic E-state index is 0.377. The molecule has 1 aromatic rings. The minimum Gasteiger partial charge on any atom is -0.448 e. The van der Waals surface area contributed by atoms with Crippen molar-refractivity contribution in [2.45, 2.75) is 26.3 Å². The Morgan fingerprint density at radius 1 is 1.47 bits per heavy atom. The standard InChI is InChI=1S/C11H19N3O/c1-9(2)11-13-10(8-15-11)7-14-5-3-12-4-6-14/h8-9,12H,3-7H2,1-2H3. The quantitative estimate of drug-likeness (QED) is 0.812. The number of nitrogens with zero attached hydrogens (tertiary/aromatic N) is 2. The van der Waals surface area contributed by atoms with Crippen molar-refractivity contribution in [1.29, 1.82) is 0 Å². The van der Waals surface area contributed by atoms with E-state index >= 15 is 0 Å². The van der Waals surface area contributed by atoms with Crippen molar-refractivity contribution in [2.75, 3.05) is 26.2 Å². The summed E-state index contributed by atoms with van der Waals surface area (Å²) in [5, 5.41) is 3.34. The number of nitrogens with one attached hydrogen (secondary N) is 1. The van der Waals surface area contributed by atoms with E-state index in [0.717, 1.165) is 44.3 Å². The van der Waals surface area contributed by atoms with E-state index < -0.39 is 0 Å². The predicted octanol–water partition coefficient (Wildman–Crippen LogP) is 1.20. The summed E-state index contributed by atoms with van der Waals surface area (Å²) in [6.45, 7) is 9.47. The molecule has 0 atom stereocenters. The highest BCUT2D eigenvalue weighted by atomic mass is 16.3. The third-order valence-electron chi connectivity index (χ3n) is 2.66. The number of aromatic nitrogens is 1. The van der Waals surface area contributed by atoms with Gasteiger partial charge in [-0.25, -0.2) is 4.98 Å². The van der Waals surface area contributed by atoms with E-state index in [0.29, 0.717) is 5.92 Å². The van der Waals surface area contributed by atoms with Crippen LogP contribution in [0.15, 0.2) is 10.7 Å². The lowest BCUT2D eigenvalue weighted by Gasteiger charge is -2.26. The van der Waals surface area contributed by atoms with Crippen molar-refractivity contribution in [2.24, 2.45) is 0 Å². The van der Waals surface area contributed by atoms with Crippen LogP contribution in [0, 0.1) is 0 Å². The largest absolute Gasteiger partial charge is 0.448 e. The van der Waals surface area contributed by atoms with Gasteiger partial charge in [0.05, 0.1) is 5.69 Å². The molecular weight excluding hydrogens is 190 g/mol. The van der Waals surface area contributed by atoms with Gasteiger partial charge in [0.15, 0.2) is 5.89 Å². The van der Waals surface area contributed by atoms with Gasteiger partial charge in [-0.15, -0.1) is 0 Å². The van der Waals surface area contributed by atoms with Crippen LogP contribution in [-0.2, 0) is 6.54 Å². The first-order chi connectivity index (χ1) is 7.25. The molecule has 0 aliphatic carbocycles. The van der Waals surface area contributed by atoms with Crippen molar-refractivity contribution in [3.63, 3.8) is 0 Å². The van der Waals surface area contributed by atoms with Crippen LogP contribution in [0.4, 0.5) is 0 Å². The number of hydrogen-bond acceptors (Lipinski definition) is 4. The lowest BCUT2D eigenvalue weighted by atomic mass is 10.2. The van der Waals surface area contributed by atoms with Gasteiger partial charge in [-0.2, -0.15) is 0 Å². The highest BCUT2D eigenvalue weighted by Gasteiger charge is 2.13. The molecule has 1 fully saturated rings. The SMILES string of the molecule is CC(C)c1nc(CN2CCNCC2)co1. The summed E-state index contributed by atoms with van der Waals surface area (Å²) in [5.41, 5.74) is 1.06. The Bertz CT molecular complexity index is 303. The molecule has 1 N–H and O–H groups in total. The van der Waals surface area contributed by atoms with Crippen molar-refractivity contribution < 1.29 is 4.42 Å². The molecule has 0 aromatic carbocycles. The highest BCUT2D eigenvalue weighted by Crippen LogP contribution is 2.14. The Balaban J connectivity index is 1.91. The third-order valence-corrected chi connectivity index (χ3v) is 2.66. The second kappa shape index (κ2) is 4.77. The smallest absolute Gasteiger partial charge is 0.196 e. The summed E-state index contributed by atoms with van der Waals surface area (Å²) in [4.78, 5) is 6.88. The van der Waals surface area contributed by atoms with E-state index in [4.69, 9.17) is 4.42 Å². The van der Waals surface area contributed by atoms with Gasteiger partial charge in [0.25, 0.3) is 0 Å². The molecule has 1 aliphatic rings. The maximum Gasteiger partial charge on any atom is 0.196 e. The van der Waals surface area contributed by atoms with Gasteiger partial charge in [0.1, 0.15) is 6.26 Å². The molecule has 4 nitrogen and oxygen atoms in total. The van der Waals surface area contributed by atoms with Gasteiger partial charge in [-0.1, -0.05) is 13.8 Å². The van der Waals surface area contributed by atoms with Crippen LogP contribution < -0.4 is 5.32 Å². The predicted molar refractivity (Wildman–Crippen MR) is 58.7 cm³/mol. The van der Waals surface area contributed by atoms with Gasteiger partial charge in [0.2, 0.25) is 0 Å². The van der Waals surface area contributed by atoms with Gasteiger partial charge in [-0.05, 0) is 0 Å². The Kier molecular flexibility index (Phi) is 3.38. The molecule has 0 bridgehead atoms. The highest BCUT2D eigenvalue weighted by molar-refractivity contribution is 4.99. The molecule has 0 amide bonds. The monoisotopic (exact) mass is 209 g/mol. The Hall–Kier alpha value is -0.870. The summed E-state index contributed by atoms with van der Waals surface area (Å²) < 4.78 is 5.41. The molecule has 0 radical (unpaired) electrons. The zero-order valence-electron chi connectivity index (χ0n) is 9.49. The van der Waals surface area contributed by atoms with Crippen molar-refractivity contribution in [3.8, 4) is 0 Å². The average molecular weight is 209 g/mol. The molecule has 1 aliphatic heterocycles. The summed E-state index contributed by atoms with van der Waals surface area (Å²) in [5.74, 6) is 1.22. The van der Waals surface area contributed by atoms with Crippen LogP contribution in [0.3, 0.4) is 0 Å². The van der Waals surface area contributed by atoms with Gasteiger partial charge >= 0.3 is 0 Å². The molecule has 2 heterocycles. The summed E-state index contributed by atoms with van der Waals surface area (Å²) in [7, 11) is 0. The first-order valence-corrected chi connectivity index (χ1v) is 5.63. The summed E-state index contributed by atoms with van der Waals surface area (Å²) >= 11 is 0. The summed E-state index contributed by atoms with van der Waals surface area (Å²) in [6, 6.07) is 0. The fraction of sp³-hybridized carbons (Fsp3) is 0.727. The van der Waals surface area contributed by atoms with Crippen LogP contribution in [0.1, 0.15) is 31.4 Å². The molecular formula is C11H19N3O. The van der Waals surface area contributed by atoms with Crippen LogP contribution in [-0.4, -0.2) is 36.1 Å². The van der Waals surface area contributed by atoms with Crippen molar-refractivity contribution in [1.82, 2.24) is 15.2 Å². The topological polar surface area (TPSA) is 41.3 Å². The van der Waals surface area contributed by atoms with Crippen molar-refractivity contribution >= 4 is 0 Å². The maximum absolute atomic E-state index is 5.41. The Morgan fingerprint density at radius 2 is 2.20 bits per heavy atom. The van der Waals surface area contributed by atoms with Crippen LogP contribution in [0.25, 0.3) is 0 Å². The fourth-order valence-electron chi connectivity index (χ4n) is 1.76. The van der Waals surface area contributed by atoms with Crippen molar-refractivity contribution in [3.05, 3.63) is 17.8 Å². The van der Waals surface area contributed by atoms with Crippen LogP contribution in [0.2, 0.25) is 0 Å². The third kappa shape index (κ3) is 2.79. The van der Waals surface area contributed by atoms with E-state index in [2.05, 4.69) is 29.0 Å². The molecule has 4 heteroatoms.